The molecule has 0 atom stereocenters. The molecule has 0 aliphatic carbocycles. The first-order chi connectivity index (χ1) is 9.02. The molecular weight excluding hydrogens is 258 g/mol. The Hall–Kier alpha value is -2.57. The molecule has 0 aliphatic heterocycles. The van der Waals surface area contributed by atoms with Gasteiger partial charge in [0.2, 0.25) is 5.88 Å². The summed E-state index contributed by atoms with van der Waals surface area (Å²) in [5.74, 6) is -1.56. The van der Waals surface area contributed by atoms with Crippen molar-refractivity contribution < 1.29 is 18.4 Å². The van der Waals surface area contributed by atoms with Crippen LogP contribution in [-0.2, 0) is 0 Å². The van der Waals surface area contributed by atoms with E-state index in [9.17, 15) is 18.9 Å². The summed E-state index contributed by atoms with van der Waals surface area (Å²) < 4.78 is 31.5. The summed E-state index contributed by atoms with van der Waals surface area (Å²) in [4.78, 5) is 13.8. The fraction of sp³-hybridized carbons (Fsp3) is 0.0833. The standard InChI is InChI=1S/C12H8F2N2O3/c1-19-12-10(5-8(6-15-12)16(17)18)9-3-2-7(13)4-11(9)14/h2-6H,1H3. The van der Waals surface area contributed by atoms with E-state index in [0.717, 1.165) is 18.3 Å². The first-order valence-corrected chi connectivity index (χ1v) is 5.16. The maximum absolute atomic E-state index is 13.7. The molecule has 5 nitrogen and oxygen atoms in total. The lowest BCUT2D eigenvalue weighted by Crippen LogP contribution is -1.97. The molecule has 0 unspecified atom stereocenters. The largest absolute Gasteiger partial charge is 0.481 e. The monoisotopic (exact) mass is 266 g/mol. The fourth-order valence-electron chi connectivity index (χ4n) is 1.60. The van der Waals surface area contributed by atoms with Gasteiger partial charge in [-0.25, -0.2) is 13.8 Å². The van der Waals surface area contributed by atoms with E-state index >= 15 is 0 Å². The molecule has 0 saturated heterocycles. The van der Waals surface area contributed by atoms with Gasteiger partial charge in [-0.05, 0) is 12.1 Å². The molecule has 1 aromatic carbocycles. The molecule has 98 valence electrons. The molecule has 0 fully saturated rings. The molecule has 0 aliphatic rings. The molecule has 19 heavy (non-hydrogen) atoms. The summed E-state index contributed by atoms with van der Waals surface area (Å²) in [5.41, 5.74) is -0.233. The van der Waals surface area contributed by atoms with E-state index in [1.807, 2.05) is 0 Å². The molecular formula is C12H8F2N2O3. The van der Waals surface area contributed by atoms with Crippen LogP contribution in [0.5, 0.6) is 5.88 Å². The van der Waals surface area contributed by atoms with Gasteiger partial charge in [0.25, 0.3) is 5.69 Å². The summed E-state index contributed by atoms with van der Waals surface area (Å²) in [6.45, 7) is 0. The summed E-state index contributed by atoms with van der Waals surface area (Å²) in [6, 6.07) is 4.04. The Kier molecular flexibility index (Phi) is 3.37. The minimum absolute atomic E-state index is 0.0190. The van der Waals surface area contributed by atoms with Gasteiger partial charge in [0.15, 0.2) is 0 Å². The van der Waals surface area contributed by atoms with Gasteiger partial charge in [-0.3, -0.25) is 10.1 Å². The zero-order valence-corrected chi connectivity index (χ0v) is 9.76. The van der Waals surface area contributed by atoms with E-state index in [4.69, 9.17) is 4.74 Å². The highest BCUT2D eigenvalue weighted by atomic mass is 19.1. The maximum atomic E-state index is 13.7. The number of ether oxygens (including phenoxy) is 1. The second kappa shape index (κ2) is 4.97. The van der Waals surface area contributed by atoms with E-state index in [1.54, 1.807) is 0 Å². The van der Waals surface area contributed by atoms with E-state index in [1.165, 1.54) is 13.2 Å². The maximum Gasteiger partial charge on any atom is 0.288 e. The van der Waals surface area contributed by atoms with Crippen molar-refractivity contribution in [2.75, 3.05) is 7.11 Å². The van der Waals surface area contributed by atoms with Gasteiger partial charge in [0.05, 0.1) is 17.6 Å². The van der Waals surface area contributed by atoms with Crippen molar-refractivity contribution in [2.24, 2.45) is 0 Å². The molecule has 0 saturated carbocycles. The molecule has 1 heterocycles. The molecule has 0 N–H and O–H groups in total. The highest BCUT2D eigenvalue weighted by Crippen LogP contribution is 2.32. The quantitative estimate of drug-likeness (QED) is 0.632. The van der Waals surface area contributed by atoms with Crippen molar-refractivity contribution >= 4 is 5.69 Å². The smallest absolute Gasteiger partial charge is 0.288 e. The Bertz CT molecular complexity index is 647. The van der Waals surface area contributed by atoms with Crippen molar-refractivity contribution in [2.45, 2.75) is 0 Å². The number of nitrogens with zero attached hydrogens (tertiary/aromatic N) is 2. The third-order valence-corrected chi connectivity index (χ3v) is 2.46. The second-order valence-electron chi connectivity index (χ2n) is 3.63. The average molecular weight is 266 g/mol. The molecule has 2 rings (SSSR count). The minimum Gasteiger partial charge on any atom is -0.481 e. The zero-order chi connectivity index (χ0) is 14.0. The number of rotatable bonds is 3. The molecule has 0 radical (unpaired) electrons. The summed E-state index contributed by atoms with van der Waals surface area (Å²) >= 11 is 0. The van der Waals surface area contributed by atoms with Crippen LogP contribution in [-0.4, -0.2) is 17.0 Å². The van der Waals surface area contributed by atoms with Gasteiger partial charge in [-0.2, -0.15) is 0 Å². The molecule has 0 bridgehead atoms. The van der Waals surface area contributed by atoms with Crippen molar-refractivity contribution in [1.29, 1.82) is 0 Å². The lowest BCUT2D eigenvalue weighted by Gasteiger charge is -2.08. The van der Waals surface area contributed by atoms with Crippen LogP contribution in [0.15, 0.2) is 30.5 Å². The van der Waals surface area contributed by atoms with Gasteiger partial charge >= 0.3 is 0 Å². The molecule has 7 heteroatoms. The first-order valence-electron chi connectivity index (χ1n) is 5.16. The Labute approximate surface area is 106 Å². The van der Waals surface area contributed by atoms with E-state index < -0.39 is 16.6 Å². The van der Waals surface area contributed by atoms with Crippen LogP contribution in [0.25, 0.3) is 11.1 Å². The van der Waals surface area contributed by atoms with Gasteiger partial charge in [0, 0.05) is 17.7 Å². The number of aromatic nitrogens is 1. The third kappa shape index (κ3) is 2.49. The van der Waals surface area contributed by atoms with Crippen LogP contribution in [0.4, 0.5) is 14.5 Å². The number of benzene rings is 1. The van der Waals surface area contributed by atoms with Crippen molar-refractivity contribution in [3.05, 3.63) is 52.2 Å². The molecule has 1 aromatic heterocycles. The lowest BCUT2D eigenvalue weighted by atomic mass is 10.1. The third-order valence-electron chi connectivity index (χ3n) is 2.46. The van der Waals surface area contributed by atoms with Crippen LogP contribution in [0.3, 0.4) is 0 Å². The number of hydrogen-bond acceptors (Lipinski definition) is 4. The Morgan fingerprint density at radius 3 is 2.58 bits per heavy atom. The van der Waals surface area contributed by atoms with Crippen LogP contribution < -0.4 is 4.74 Å². The van der Waals surface area contributed by atoms with Crippen LogP contribution in [0, 0.1) is 21.7 Å². The first kappa shape index (κ1) is 12.9. The topological polar surface area (TPSA) is 65.3 Å². The number of methoxy groups -OCH3 is 1. The van der Waals surface area contributed by atoms with E-state index in [0.29, 0.717) is 6.07 Å². The highest BCUT2D eigenvalue weighted by Gasteiger charge is 2.17. The number of pyridine rings is 1. The molecule has 0 spiro atoms. The van der Waals surface area contributed by atoms with Crippen molar-refractivity contribution in [1.82, 2.24) is 4.98 Å². The van der Waals surface area contributed by atoms with Crippen molar-refractivity contribution in [3.8, 4) is 17.0 Å². The SMILES string of the molecule is COc1ncc([N+](=O)[O-])cc1-c1ccc(F)cc1F. The van der Waals surface area contributed by atoms with Gasteiger partial charge in [-0.1, -0.05) is 0 Å². The normalized spacial score (nSPS) is 10.3. The van der Waals surface area contributed by atoms with Crippen LogP contribution in [0.2, 0.25) is 0 Å². The van der Waals surface area contributed by atoms with Crippen molar-refractivity contribution in [3.63, 3.8) is 0 Å². The number of nitro groups is 1. The predicted molar refractivity (Wildman–Crippen MR) is 62.8 cm³/mol. The fourth-order valence-corrected chi connectivity index (χ4v) is 1.60. The summed E-state index contributed by atoms with van der Waals surface area (Å²) in [5, 5.41) is 10.7. The molecule has 0 amide bonds. The van der Waals surface area contributed by atoms with Gasteiger partial charge in [-0.15, -0.1) is 0 Å². The predicted octanol–water partition coefficient (Wildman–Crippen LogP) is 2.94. The number of hydrogen-bond donors (Lipinski definition) is 0. The Morgan fingerprint density at radius 2 is 2.00 bits per heavy atom. The highest BCUT2D eigenvalue weighted by molar-refractivity contribution is 5.71. The Balaban J connectivity index is 2.64. The van der Waals surface area contributed by atoms with Crippen LogP contribution >= 0.6 is 0 Å². The van der Waals surface area contributed by atoms with Gasteiger partial charge in [0.1, 0.15) is 17.8 Å². The summed E-state index contributed by atoms with van der Waals surface area (Å²) in [7, 11) is 1.30. The second-order valence-corrected chi connectivity index (χ2v) is 3.63. The molecule has 2 aromatic rings. The summed E-state index contributed by atoms with van der Waals surface area (Å²) in [6.07, 6.45) is 1.00. The zero-order valence-electron chi connectivity index (χ0n) is 9.76. The minimum atomic E-state index is -0.847. The number of halogens is 2. The average Bonchev–Trinajstić information content (AvgIpc) is 2.38. The van der Waals surface area contributed by atoms with Gasteiger partial charge < -0.3 is 4.74 Å². The lowest BCUT2D eigenvalue weighted by molar-refractivity contribution is -0.385. The van der Waals surface area contributed by atoms with Crippen LogP contribution in [0.1, 0.15) is 0 Å². The Morgan fingerprint density at radius 1 is 1.26 bits per heavy atom. The van der Waals surface area contributed by atoms with E-state index in [2.05, 4.69) is 4.98 Å². The van der Waals surface area contributed by atoms with E-state index in [-0.39, 0.29) is 22.7 Å².